The quantitative estimate of drug-likeness (QED) is 0.786. The first-order valence-electron chi connectivity index (χ1n) is 5.88. The molecule has 0 amide bonds. The predicted octanol–water partition coefficient (Wildman–Crippen LogP) is 5.01. The lowest BCUT2D eigenvalue weighted by atomic mass is 10.1. The molecule has 0 aliphatic carbocycles. The highest BCUT2D eigenvalue weighted by Gasteiger charge is 2.15. The number of hydrogen-bond acceptors (Lipinski definition) is 2. The minimum atomic E-state index is -0.363. The Morgan fingerprint density at radius 3 is 2.65 bits per heavy atom. The zero-order valence-electron chi connectivity index (χ0n) is 10.3. The molecule has 0 heterocycles. The zero-order chi connectivity index (χ0) is 14.7. The molecule has 1 unspecified atom stereocenters. The molecule has 3 N–H and O–H groups in total. The van der Waals surface area contributed by atoms with Crippen LogP contribution < -0.4 is 11.1 Å². The summed E-state index contributed by atoms with van der Waals surface area (Å²) in [5, 5.41) is 4.18. The first-order valence-corrected chi connectivity index (χ1v) is 7.42. The van der Waals surface area contributed by atoms with Gasteiger partial charge in [0.2, 0.25) is 0 Å². The van der Waals surface area contributed by atoms with Crippen molar-refractivity contribution >= 4 is 44.8 Å². The predicted molar refractivity (Wildman–Crippen MR) is 86.0 cm³/mol. The maximum absolute atomic E-state index is 13.3. The Hall–Kier alpha value is -0.810. The van der Waals surface area contributed by atoms with Crippen molar-refractivity contribution in [2.45, 2.75) is 6.04 Å². The van der Waals surface area contributed by atoms with Crippen molar-refractivity contribution in [1.82, 2.24) is 0 Å². The fraction of sp³-hybridized carbons (Fsp3) is 0.143. The number of anilines is 1. The molecule has 1 atom stereocenters. The lowest BCUT2D eigenvalue weighted by Gasteiger charge is -2.21. The Balaban J connectivity index is 2.33. The van der Waals surface area contributed by atoms with Crippen LogP contribution in [0.5, 0.6) is 0 Å². The van der Waals surface area contributed by atoms with Crippen LogP contribution in [0.1, 0.15) is 11.6 Å². The van der Waals surface area contributed by atoms with Gasteiger partial charge in [0.15, 0.2) is 0 Å². The summed E-state index contributed by atoms with van der Waals surface area (Å²) in [6.07, 6.45) is 0. The molecular weight excluding hydrogens is 366 g/mol. The topological polar surface area (TPSA) is 38.0 Å². The van der Waals surface area contributed by atoms with E-state index >= 15 is 0 Å². The van der Waals surface area contributed by atoms with Crippen molar-refractivity contribution in [3.05, 3.63) is 62.3 Å². The number of rotatable bonds is 4. The monoisotopic (exact) mass is 376 g/mol. The maximum Gasteiger partial charge on any atom is 0.125 e. The SMILES string of the molecule is NCC(Nc1cc(F)ccc1Cl)c1cc(Cl)ccc1Br. The van der Waals surface area contributed by atoms with Gasteiger partial charge in [-0.2, -0.15) is 0 Å². The molecule has 2 aromatic rings. The zero-order valence-corrected chi connectivity index (χ0v) is 13.4. The van der Waals surface area contributed by atoms with E-state index in [0.29, 0.717) is 22.3 Å². The smallest absolute Gasteiger partial charge is 0.125 e. The van der Waals surface area contributed by atoms with Crippen LogP contribution in [-0.2, 0) is 0 Å². The largest absolute Gasteiger partial charge is 0.376 e. The number of halogens is 4. The first-order chi connectivity index (χ1) is 9.51. The van der Waals surface area contributed by atoms with Gasteiger partial charge in [0.05, 0.1) is 16.8 Å². The second-order valence-electron chi connectivity index (χ2n) is 4.22. The van der Waals surface area contributed by atoms with Crippen molar-refractivity contribution < 1.29 is 4.39 Å². The van der Waals surface area contributed by atoms with E-state index in [9.17, 15) is 4.39 Å². The Morgan fingerprint density at radius 2 is 1.95 bits per heavy atom. The molecule has 0 aromatic heterocycles. The summed E-state index contributed by atoms with van der Waals surface area (Å²) in [5.74, 6) is -0.363. The first kappa shape index (κ1) is 15.6. The van der Waals surface area contributed by atoms with Crippen LogP contribution in [0.25, 0.3) is 0 Å². The molecule has 0 fully saturated rings. The van der Waals surface area contributed by atoms with Crippen LogP contribution in [0, 0.1) is 5.82 Å². The van der Waals surface area contributed by atoms with Crippen LogP contribution in [-0.4, -0.2) is 6.54 Å². The molecule has 2 nitrogen and oxygen atoms in total. The van der Waals surface area contributed by atoms with Crippen LogP contribution in [0.4, 0.5) is 10.1 Å². The van der Waals surface area contributed by atoms with Crippen LogP contribution in [0.3, 0.4) is 0 Å². The van der Waals surface area contributed by atoms with Gasteiger partial charge in [-0.25, -0.2) is 4.39 Å². The molecule has 0 radical (unpaired) electrons. The summed E-state index contributed by atoms with van der Waals surface area (Å²) in [5.41, 5.74) is 7.18. The molecule has 0 aliphatic heterocycles. The second kappa shape index (κ2) is 6.76. The van der Waals surface area contributed by atoms with E-state index in [1.807, 2.05) is 12.1 Å². The second-order valence-corrected chi connectivity index (χ2v) is 5.92. The van der Waals surface area contributed by atoms with E-state index in [1.165, 1.54) is 18.2 Å². The van der Waals surface area contributed by atoms with Gasteiger partial charge >= 0.3 is 0 Å². The van der Waals surface area contributed by atoms with E-state index in [2.05, 4.69) is 21.2 Å². The molecule has 106 valence electrons. The average molecular weight is 378 g/mol. The minimum absolute atomic E-state index is 0.234. The van der Waals surface area contributed by atoms with Gasteiger partial charge in [-0.1, -0.05) is 39.1 Å². The number of nitrogens with two attached hydrogens (primary N) is 1. The highest BCUT2D eigenvalue weighted by molar-refractivity contribution is 9.10. The molecule has 0 saturated heterocycles. The summed E-state index contributed by atoms with van der Waals surface area (Å²) < 4.78 is 14.2. The number of benzene rings is 2. The van der Waals surface area contributed by atoms with Crippen LogP contribution in [0.15, 0.2) is 40.9 Å². The van der Waals surface area contributed by atoms with Crippen LogP contribution >= 0.6 is 39.1 Å². The summed E-state index contributed by atoms with van der Waals surface area (Å²) in [6, 6.07) is 9.34. The highest BCUT2D eigenvalue weighted by Crippen LogP contribution is 2.31. The Kier molecular flexibility index (Phi) is 5.27. The Morgan fingerprint density at radius 1 is 1.20 bits per heavy atom. The molecule has 0 saturated carbocycles. The summed E-state index contributed by atoms with van der Waals surface area (Å²) in [6.45, 7) is 0.311. The van der Waals surface area contributed by atoms with Crippen molar-refractivity contribution in [3.8, 4) is 0 Å². The van der Waals surface area contributed by atoms with Gasteiger partial charge in [0.25, 0.3) is 0 Å². The lowest BCUT2D eigenvalue weighted by Crippen LogP contribution is -2.21. The van der Waals surface area contributed by atoms with Crippen LogP contribution in [0.2, 0.25) is 10.0 Å². The minimum Gasteiger partial charge on any atom is -0.376 e. The normalized spacial score (nSPS) is 12.2. The van der Waals surface area contributed by atoms with Gasteiger partial charge in [0, 0.05) is 16.0 Å². The third-order valence-electron chi connectivity index (χ3n) is 2.83. The molecular formula is C14H12BrCl2FN2. The molecule has 0 bridgehead atoms. The van der Waals surface area contributed by atoms with Crippen molar-refractivity contribution in [3.63, 3.8) is 0 Å². The summed E-state index contributed by atoms with van der Waals surface area (Å²) >= 11 is 15.5. The Labute approximate surface area is 135 Å². The van der Waals surface area contributed by atoms with Gasteiger partial charge in [-0.05, 0) is 42.0 Å². The third-order valence-corrected chi connectivity index (χ3v) is 4.11. The highest BCUT2D eigenvalue weighted by atomic mass is 79.9. The van der Waals surface area contributed by atoms with E-state index < -0.39 is 0 Å². The number of nitrogens with one attached hydrogen (secondary N) is 1. The standard InChI is InChI=1S/C14H12BrCl2FN2/c15-11-3-1-8(16)5-10(11)14(7-19)20-13-6-9(18)2-4-12(13)17/h1-6,14,20H,7,19H2. The third kappa shape index (κ3) is 3.64. The molecule has 0 spiro atoms. The van der Waals surface area contributed by atoms with Crippen molar-refractivity contribution in [2.75, 3.05) is 11.9 Å². The molecule has 20 heavy (non-hydrogen) atoms. The molecule has 2 aromatic carbocycles. The van der Waals surface area contributed by atoms with Gasteiger partial charge in [-0.3, -0.25) is 0 Å². The average Bonchev–Trinajstić information content (AvgIpc) is 2.42. The van der Waals surface area contributed by atoms with E-state index in [4.69, 9.17) is 28.9 Å². The van der Waals surface area contributed by atoms with E-state index in [1.54, 1.807) is 6.07 Å². The fourth-order valence-electron chi connectivity index (χ4n) is 1.84. The summed E-state index contributed by atoms with van der Waals surface area (Å²) in [4.78, 5) is 0. The van der Waals surface area contributed by atoms with Gasteiger partial charge in [0.1, 0.15) is 5.82 Å². The van der Waals surface area contributed by atoms with E-state index in [-0.39, 0.29) is 11.9 Å². The van der Waals surface area contributed by atoms with Gasteiger partial charge < -0.3 is 11.1 Å². The fourth-order valence-corrected chi connectivity index (χ4v) is 2.72. The molecule has 0 aliphatic rings. The summed E-state index contributed by atoms with van der Waals surface area (Å²) in [7, 11) is 0. The maximum atomic E-state index is 13.3. The van der Waals surface area contributed by atoms with Crippen molar-refractivity contribution in [1.29, 1.82) is 0 Å². The van der Waals surface area contributed by atoms with Crippen molar-refractivity contribution in [2.24, 2.45) is 5.73 Å². The Bertz CT molecular complexity index is 622. The van der Waals surface area contributed by atoms with Gasteiger partial charge in [-0.15, -0.1) is 0 Å². The van der Waals surface area contributed by atoms with E-state index in [0.717, 1.165) is 10.0 Å². The lowest BCUT2D eigenvalue weighted by molar-refractivity contribution is 0.627. The number of hydrogen-bond donors (Lipinski definition) is 2. The molecule has 2 rings (SSSR count). The molecule has 6 heteroatoms.